The largest absolute Gasteiger partial charge is 0.461 e. The zero-order valence-corrected chi connectivity index (χ0v) is 8.95. The Hall–Kier alpha value is -1.05. The van der Waals surface area contributed by atoms with Crippen LogP contribution < -0.4 is 0 Å². The molecule has 1 atom stereocenters. The van der Waals surface area contributed by atoms with Gasteiger partial charge in [0.05, 0.1) is 6.26 Å². The van der Waals surface area contributed by atoms with Gasteiger partial charge in [0.25, 0.3) is 0 Å². The number of unbranched alkanes of at least 4 members (excludes halogenated alkanes) is 2. The highest BCUT2D eigenvalue weighted by Crippen LogP contribution is 2.15. The molecule has 0 aliphatic heterocycles. The summed E-state index contributed by atoms with van der Waals surface area (Å²) >= 11 is 0. The van der Waals surface area contributed by atoms with E-state index in [4.69, 9.17) is 4.42 Å². The van der Waals surface area contributed by atoms with Crippen LogP contribution in [0.15, 0.2) is 22.8 Å². The van der Waals surface area contributed by atoms with E-state index < -0.39 is 0 Å². The van der Waals surface area contributed by atoms with Crippen molar-refractivity contribution in [2.75, 3.05) is 0 Å². The first-order valence-electron chi connectivity index (χ1n) is 5.33. The van der Waals surface area contributed by atoms with Crippen LogP contribution in [0.2, 0.25) is 0 Å². The predicted molar refractivity (Wildman–Crippen MR) is 56.3 cm³/mol. The fourth-order valence-corrected chi connectivity index (χ4v) is 1.49. The molecule has 1 unspecified atom stereocenters. The molecule has 1 aromatic heterocycles. The van der Waals surface area contributed by atoms with Crippen molar-refractivity contribution in [3.05, 3.63) is 24.2 Å². The number of carbonyl (C=O) groups is 1. The summed E-state index contributed by atoms with van der Waals surface area (Å²) in [7, 11) is 0. The second kappa shape index (κ2) is 5.63. The Balaban J connectivity index is 2.37. The molecule has 2 heteroatoms. The molecule has 14 heavy (non-hydrogen) atoms. The number of furan rings is 1. The van der Waals surface area contributed by atoms with Crippen molar-refractivity contribution in [2.45, 2.75) is 39.5 Å². The third-order valence-electron chi connectivity index (χ3n) is 2.45. The molecule has 0 aliphatic rings. The lowest BCUT2D eigenvalue weighted by Gasteiger charge is -2.07. The van der Waals surface area contributed by atoms with Gasteiger partial charge in [0.1, 0.15) is 0 Å². The van der Waals surface area contributed by atoms with Crippen LogP contribution in [0.25, 0.3) is 0 Å². The zero-order valence-electron chi connectivity index (χ0n) is 8.95. The number of ketones is 1. The van der Waals surface area contributed by atoms with Gasteiger partial charge in [-0.05, 0) is 18.6 Å². The minimum Gasteiger partial charge on any atom is -0.461 e. The van der Waals surface area contributed by atoms with Crippen LogP contribution in [-0.2, 0) is 0 Å². The Morgan fingerprint density at radius 2 is 2.29 bits per heavy atom. The SMILES string of the molecule is CCCCCC(C)C(=O)c1ccco1. The number of rotatable bonds is 6. The van der Waals surface area contributed by atoms with Crippen LogP contribution in [0.4, 0.5) is 0 Å². The van der Waals surface area contributed by atoms with Crippen molar-refractivity contribution in [1.29, 1.82) is 0 Å². The average Bonchev–Trinajstić information content (AvgIpc) is 2.69. The molecule has 0 bridgehead atoms. The summed E-state index contributed by atoms with van der Waals surface area (Å²) in [6.45, 7) is 4.14. The van der Waals surface area contributed by atoms with Crippen molar-refractivity contribution in [1.82, 2.24) is 0 Å². The maximum atomic E-state index is 11.7. The minimum atomic E-state index is 0.0905. The standard InChI is InChI=1S/C12H18O2/c1-3-4-5-7-10(2)12(13)11-8-6-9-14-11/h6,8-10H,3-5,7H2,1-2H3. The second-order valence-corrected chi connectivity index (χ2v) is 3.74. The first-order chi connectivity index (χ1) is 6.75. The number of hydrogen-bond acceptors (Lipinski definition) is 2. The van der Waals surface area contributed by atoms with Gasteiger partial charge in [0.15, 0.2) is 5.76 Å². The van der Waals surface area contributed by atoms with Crippen LogP contribution >= 0.6 is 0 Å². The van der Waals surface area contributed by atoms with Gasteiger partial charge in [-0.3, -0.25) is 4.79 Å². The summed E-state index contributed by atoms with van der Waals surface area (Å²) < 4.78 is 5.07. The molecule has 1 heterocycles. The van der Waals surface area contributed by atoms with Crippen LogP contribution in [-0.4, -0.2) is 5.78 Å². The van der Waals surface area contributed by atoms with Gasteiger partial charge in [-0.1, -0.05) is 33.1 Å². The summed E-state index contributed by atoms with van der Waals surface area (Å²) in [5, 5.41) is 0. The summed E-state index contributed by atoms with van der Waals surface area (Å²) in [6.07, 6.45) is 6.04. The minimum absolute atomic E-state index is 0.0905. The highest BCUT2D eigenvalue weighted by Gasteiger charge is 2.16. The Bertz CT molecular complexity index is 262. The zero-order chi connectivity index (χ0) is 10.4. The van der Waals surface area contributed by atoms with E-state index in [1.807, 2.05) is 6.92 Å². The summed E-state index contributed by atoms with van der Waals surface area (Å²) in [5.74, 6) is 0.716. The van der Waals surface area contributed by atoms with Crippen molar-refractivity contribution >= 4 is 5.78 Å². The average molecular weight is 194 g/mol. The maximum Gasteiger partial charge on any atom is 0.200 e. The molecule has 0 N–H and O–H groups in total. The lowest BCUT2D eigenvalue weighted by atomic mass is 9.97. The second-order valence-electron chi connectivity index (χ2n) is 3.74. The van der Waals surface area contributed by atoms with Gasteiger partial charge in [-0.15, -0.1) is 0 Å². The van der Waals surface area contributed by atoms with Gasteiger partial charge >= 0.3 is 0 Å². The molecule has 0 aliphatic carbocycles. The molecule has 0 amide bonds. The molecular formula is C12H18O2. The normalized spacial score (nSPS) is 12.7. The van der Waals surface area contributed by atoms with Gasteiger partial charge in [0, 0.05) is 5.92 Å². The topological polar surface area (TPSA) is 30.2 Å². The smallest absolute Gasteiger partial charge is 0.200 e. The Kier molecular flexibility index (Phi) is 4.44. The molecule has 0 radical (unpaired) electrons. The van der Waals surface area contributed by atoms with Gasteiger partial charge < -0.3 is 4.42 Å². The van der Waals surface area contributed by atoms with E-state index in [2.05, 4.69) is 6.92 Å². The molecule has 0 spiro atoms. The first-order valence-corrected chi connectivity index (χ1v) is 5.33. The fourth-order valence-electron chi connectivity index (χ4n) is 1.49. The number of hydrogen-bond donors (Lipinski definition) is 0. The quantitative estimate of drug-likeness (QED) is 0.510. The van der Waals surface area contributed by atoms with E-state index in [0.29, 0.717) is 5.76 Å². The Labute approximate surface area is 85.3 Å². The van der Waals surface area contributed by atoms with Crippen LogP contribution in [0.3, 0.4) is 0 Å². The molecule has 1 rings (SSSR count). The Morgan fingerprint density at radius 1 is 1.50 bits per heavy atom. The molecule has 78 valence electrons. The molecule has 0 saturated heterocycles. The van der Waals surface area contributed by atoms with Gasteiger partial charge in [-0.2, -0.15) is 0 Å². The van der Waals surface area contributed by atoms with Crippen molar-refractivity contribution in [2.24, 2.45) is 5.92 Å². The Morgan fingerprint density at radius 3 is 2.86 bits per heavy atom. The molecule has 0 fully saturated rings. The fraction of sp³-hybridized carbons (Fsp3) is 0.583. The van der Waals surface area contributed by atoms with E-state index in [-0.39, 0.29) is 11.7 Å². The number of carbonyl (C=O) groups excluding carboxylic acids is 1. The van der Waals surface area contributed by atoms with Crippen molar-refractivity contribution in [3.63, 3.8) is 0 Å². The van der Waals surface area contributed by atoms with E-state index >= 15 is 0 Å². The van der Waals surface area contributed by atoms with Crippen molar-refractivity contribution < 1.29 is 9.21 Å². The van der Waals surface area contributed by atoms with Crippen LogP contribution in [0, 0.1) is 5.92 Å². The van der Waals surface area contributed by atoms with E-state index in [1.54, 1.807) is 18.4 Å². The number of Topliss-reactive ketones (excluding diaryl/α,β-unsaturated/α-hetero) is 1. The molecule has 1 aromatic rings. The summed E-state index contributed by atoms with van der Waals surface area (Å²) in [5.41, 5.74) is 0. The van der Waals surface area contributed by atoms with Crippen molar-refractivity contribution in [3.8, 4) is 0 Å². The highest BCUT2D eigenvalue weighted by molar-refractivity contribution is 5.94. The summed E-state index contributed by atoms with van der Waals surface area (Å²) in [4.78, 5) is 11.7. The highest BCUT2D eigenvalue weighted by atomic mass is 16.3. The predicted octanol–water partition coefficient (Wildman–Crippen LogP) is 3.68. The van der Waals surface area contributed by atoms with E-state index in [9.17, 15) is 4.79 Å². The molecular weight excluding hydrogens is 176 g/mol. The maximum absolute atomic E-state index is 11.7. The molecule has 2 nitrogen and oxygen atoms in total. The van der Waals surface area contributed by atoms with Crippen LogP contribution in [0.5, 0.6) is 0 Å². The first kappa shape index (κ1) is 11.0. The van der Waals surface area contributed by atoms with E-state index in [1.165, 1.54) is 12.8 Å². The third kappa shape index (κ3) is 3.02. The van der Waals surface area contributed by atoms with Crippen LogP contribution in [0.1, 0.15) is 50.1 Å². The molecule has 0 aromatic carbocycles. The molecule has 0 saturated carbocycles. The third-order valence-corrected chi connectivity index (χ3v) is 2.45. The lowest BCUT2D eigenvalue weighted by Crippen LogP contribution is -2.10. The van der Waals surface area contributed by atoms with Gasteiger partial charge in [0.2, 0.25) is 5.78 Å². The monoisotopic (exact) mass is 194 g/mol. The lowest BCUT2D eigenvalue weighted by molar-refractivity contribution is 0.0894. The van der Waals surface area contributed by atoms with Gasteiger partial charge in [-0.25, -0.2) is 0 Å². The summed E-state index contributed by atoms with van der Waals surface area (Å²) in [6, 6.07) is 3.49. The van der Waals surface area contributed by atoms with E-state index in [0.717, 1.165) is 12.8 Å².